The Morgan fingerprint density at radius 1 is 0.657 bits per heavy atom. The number of aryl methyl sites for hydroxylation is 2. The summed E-state index contributed by atoms with van der Waals surface area (Å²) in [4.78, 5) is 48.5. The molecular formula is C57H78O10. The second-order valence-electron chi connectivity index (χ2n) is 20.1. The molecule has 3 fully saturated rings. The zero-order valence-corrected chi connectivity index (χ0v) is 40.8. The Hall–Kier alpha value is -4.86. The van der Waals surface area contributed by atoms with Gasteiger partial charge in [-0.2, -0.15) is 0 Å². The molecule has 4 aliphatic carbocycles. The van der Waals surface area contributed by atoms with E-state index in [-0.39, 0.29) is 46.9 Å². The first-order valence-electron chi connectivity index (χ1n) is 25.5. The van der Waals surface area contributed by atoms with Crippen molar-refractivity contribution in [3.05, 3.63) is 96.6 Å². The molecule has 366 valence electrons. The average molecular weight is 923 g/mol. The highest BCUT2D eigenvalue weighted by molar-refractivity contribution is 5.81. The van der Waals surface area contributed by atoms with Gasteiger partial charge in [0.15, 0.2) is 0 Å². The average Bonchev–Trinajstić information content (AvgIpc) is 3.70. The van der Waals surface area contributed by atoms with E-state index in [1.54, 1.807) is 0 Å². The van der Waals surface area contributed by atoms with E-state index < -0.39 is 0 Å². The number of hydrogen-bond donors (Lipinski definition) is 0. The lowest BCUT2D eigenvalue weighted by molar-refractivity contribution is -0.156. The van der Waals surface area contributed by atoms with E-state index in [9.17, 15) is 19.2 Å². The number of hydrogen-bond acceptors (Lipinski definition) is 10. The van der Waals surface area contributed by atoms with Gasteiger partial charge in [-0.25, -0.2) is 9.59 Å². The van der Waals surface area contributed by atoms with E-state index in [1.807, 2.05) is 48.5 Å². The van der Waals surface area contributed by atoms with Crippen LogP contribution in [0.3, 0.4) is 0 Å². The van der Waals surface area contributed by atoms with E-state index in [2.05, 4.69) is 40.0 Å². The fourth-order valence-electron chi connectivity index (χ4n) is 12.1. The summed E-state index contributed by atoms with van der Waals surface area (Å²) in [6.45, 7) is 16.0. The van der Waals surface area contributed by atoms with Gasteiger partial charge >= 0.3 is 23.9 Å². The van der Waals surface area contributed by atoms with Crippen LogP contribution in [0.1, 0.15) is 147 Å². The highest BCUT2D eigenvalue weighted by atomic mass is 16.6. The van der Waals surface area contributed by atoms with E-state index in [0.29, 0.717) is 75.8 Å². The maximum absolute atomic E-state index is 13.2. The third kappa shape index (κ3) is 14.6. The molecule has 0 amide bonds. The number of carbonyl (C=O) groups excluding carboxylic acids is 4. The SMILES string of the molecule is C=CC(=O)OCCCCCCOc1ccc(CCC(=O)O[C@H]2CC[C@@]3(C)C(=CC[C@H]4[C@@H]5CC[C@H]([C@H](C)OC(=O)CCc6ccc(OCCCCCCOC(=O)C=C)cc6)[C@@]5(C)CC[C@@H]43)C2)cc1. The number of fused-ring (bicyclic) bond motifs is 5. The van der Waals surface area contributed by atoms with Gasteiger partial charge in [-0.3, -0.25) is 9.59 Å². The predicted molar refractivity (Wildman–Crippen MR) is 260 cm³/mol. The molecule has 0 N–H and O–H groups in total. The summed E-state index contributed by atoms with van der Waals surface area (Å²) in [6.07, 6.45) is 22.8. The third-order valence-electron chi connectivity index (χ3n) is 15.8. The smallest absolute Gasteiger partial charge is 0.330 e. The van der Waals surface area contributed by atoms with Crippen LogP contribution in [-0.2, 0) is 51.0 Å². The van der Waals surface area contributed by atoms with Crippen molar-refractivity contribution < 1.29 is 47.6 Å². The summed E-state index contributed by atoms with van der Waals surface area (Å²) >= 11 is 0. The minimum atomic E-state index is -0.375. The number of esters is 4. The summed E-state index contributed by atoms with van der Waals surface area (Å²) in [5.74, 6) is 2.92. The molecule has 67 heavy (non-hydrogen) atoms. The summed E-state index contributed by atoms with van der Waals surface area (Å²) < 4.78 is 34.2. The monoisotopic (exact) mass is 923 g/mol. The van der Waals surface area contributed by atoms with Crippen LogP contribution in [0, 0.1) is 34.5 Å². The van der Waals surface area contributed by atoms with Crippen molar-refractivity contribution in [2.75, 3.05) is 26.4 Å². The van der Waals surface area contributed by atoms with E-state index in [4.69, 9.17) is 28.4 Å². The Kier molecular flexibility index (Phi) is 19.6. The molecule has 0 bridgehead atoms. The van der Waals surface area contributed by atoms with Crippen LogP contribution in [0.5, 0.6) is 11.5 Å². The molecule has 4 aliphatic rings. The van der Waals surface area contributed by atoms with Crippen molar-refractivity contribution in [2.24, 2.45) is 34.5 Å². The Balaban J connectivity index is 0.871. The molecule has 0 spiro atoms. The van der Waals surface area contributed by atoms with Crippen molar-refractivity contribution in [3.63, 3.8) is 0 Å². The maximum Gasteiger partial charge on any atom is 0.330 e. The van der Waals surface area contributed by atoms with Crippen molar-refractivity contribution in [3.8, 4) is 11.5 Å². The van der Waals surface area contributed by atoms with Gasteiger partial charge in [0.05, 0.1) is 26.4 Å². The topological polar surface area (TPSA) is 124 Å². The molecule has 0 unspecified atom stereocenters. The minimum absolute atomic E-state index is 0.0592. The molecule has 3 saturated carbocycles. The summed E-state index contributed by atoms with van der Waals surface area (Å²) in [7, 11) is 0. The second-order valence-corrected chi connectivity index (χ2v) is 20.1. The van der Waals surface area contributed by atoms with Crippen LogP contribution < -0.4 is 9.47 Å². The van der Waals surface area contributed by atoms with Crippen molar-refractivity contribution >= 4 is 23.9 Å². The van der Waals surface area contributed by atoms with Gasteiger partial charge in [-0.05, 0) is 180 Å². The fraction of sp³-hybridized carbons (Fsp3) is 0.614. The first-order chi connectivity index (χ1) is 32.4. The highest BCUT2D eigenvalue weighted by Crippen LogP contribution is 2.67. The number of ether oxygens (including phenoxy) is 6. The molecule has 2 aromatic carbocycles. The van der Waals surface area contributed by atoms with Gasteiger partial charge in [0.25, 0.3) is 0 Å². The van der Waals surface area contributed by atoms with Crippen LogP contribution in [0.25, 0.3) is 0 Å². The van der Waals surface area contributed by atoms with E-state index >= 15 is 0 Å². The molecule has 10 heteroatoms. The van der Waals surface area contributed by atoms with Gasteiger partial charge in [-0.1, -0.05) is 62.9 Å². The molecule has 0 heterocycles. The van der Waals surface area contributed by atoms with Crippen molar-refractivity contribution in [2.45, 2.75) is 161 Å². The van der Waals surface area contributed by atoms with Crippen LogP contribution in [0.4, 0.5) is 0 Å². The Bertz CT molecular complexity index is 1970. The Labute approximate surface area is 400 Å². The Morgan fingerprint density at radius 3 is 1.75 bits per heavy atom. The molecular weight excluding hydrogens is 845 g/mol. The quantitative estimate of drug-likeness (QED) is 0.0281. The van der Waals surface area contributed by atoms with E-state index in [1.165, 1.54) is 37.0 Å². The van der Waals surface area contributed by atoms with Crippen LogP contribution in [0.2, 0.25) is 0 Å². The van der Waals surface area contributed by atoms with Gasteiger partial charge in [0.2, 0.25) is 0 Å². The Morgan fingerprint density at radius 2 is 1.19 bits per heavy atom. The summed E-state index contributed by atoms with van der Waals surface area (Å²) in [6, 6.07) is 16.0. The molecule has 0 aliphatic heterocycles. The van der Waals surface area contributed by atoms with Gasteiger partial charge in [-0.15, -0.1) is 0 Å². The largest absolute Gasteiger partial charge is 0.494 e. The van der Waals surface area contributed by atoms with Crippen LogP contribution >= 0.6 is 0 Å². The number of benzene rings is 2. The number of allylic oxidation sites excluding steroid dienone is 1. The molecule has 10 nitrogen and oxygen atoms in total. The maximum atomic E-state index is 13.2. The second kappa shape index (κ2) is 25.5. The summed E-state index contributed by atoms with van der Waals surface area (Å²) in [5, 5.41) is 0. The lowest BCUT2D eigenvalue weighted by Gasteiger charge is -2.58. The predicted octanol–water partition coefficient (Wildman–Crippen LogP) is 12.0. The lowest BCUT2D eigenvalue weighted by Crippen LogP contribution is -2.51. The number of carbonyl (C=O) groups is 4. The van der Waals surface area contributed by atoms with Gasteiger partial charge < -0.3 is 28.4 Å². The fourth-order valence-corrected chi connectivity index (χ4v) is 12.1. The number of unbranched alkanes of at least 4 members (excludes halogenated alkanes) is 6. The van der Waals surface area contributed by atoms with Gasteiger partial charge in [0.1, 0.15) is 23.7 Å². The van der Waals surface area contributed by atoms with Crippen molar-refractivity contribution in [1.29, 1.82) is 0 Å². The van der Waals surface area contributed by atoms with Crippen molar-refractivity contribution in [1.82, 2.24) is 0 Å². The molecule has 8 atom stereocenters. The zero-order valence-electron chi connectivity index (χ0n) is 40.8. The highest BCUT2D eigenvalue weighted by Gasteiger charge is 2.59. The van der Waals surface area contributed by atoms with Gasteiger partial charge in [0, 0.05) is 37.3 Å². The zero-order chi connectivity index (χ0) is 47.7. The summed E-state index contributed by atoms with van der Waals surface area (Å²) in [5.41, 5.74) is 3.99. The molecule has 0 saturated heterocycles. The standard InChI is InChI=1S/C57H78O10/c1-6-52(58)64-38-14-10-8-12-36-62-45-23-16-42(17-24-45)20-30-54(60)66-41(3)49-28-29-50-48-27-22-44-40-47(32-34-56(44,4)51(48)33-35-57(49,50)5)67-55(61)31-21-43-18-25-46(26-19-43)63-37-13-9-11-15-39-65-53(59)7-2/h6-7,16-19,22-26,41,47-51H,1-2,8-15,20-21,27-40H2,3-5H3/t41-,47-,48-,49+,50-,51-,56-,57+/m0/s1. The first-order valence-corrected chi connectivity index (χ1v) is 25.5. The molecule has 0 aromatic heterocycles. The first kappa shape index (κ1) is 51.5. The molecule has 2 aromatic rings. The molecule has 6 rings (SSSR count). The lowest BCUT2D eigenvalue weighted by atomic mass is 9.47. The van der Waals surface area contributed by atoms with E-state index in [0.717, 1.165) is 106 Å². The normalized spacial score (nSPS) is 25.5. The van der Waals surface area contributed by atoms with Crippen LogP contribution in [-0.4, -0.2) is 62.5 Å². The van der Waals surface area contributed by atoms with Crippen LogP contribution in [0.15, 0.2) is 85.5 Å². The third-order valence-corrected chi connectivity index (χ3v) is 15.8. The number of rotatable bonds is 27. The minimum Gasteiger partial charge on any atom is -0.494 e. The molecule has 0 radical (unpaired) electrons.